The number of rotatable bonds is 4. The van der Waals surface area contributed by atoms with Crippen molar-refractivity contribution in [2.24, 2.45) is 0 Å². The zero-order valence-corrected chi connectivity index (χ0v) is 15.8. The van der Waals surface area contributed by atoms with Crippen molar-refractivity contribution in [2.75, 3.05) is 0 Å². The van der Waals surface area contributed by atoms with Crippen molar-refractivity contribution in [2.45, 2.75) is 25.2 Å². The molecule has 6 nitrogen and oxygen atoms in total. The van der Waals surface area contributed by atoms with Gasteiger partial charge in [0.15, 0.2) is 0 Å². The molecule has 1 N–H and O–H groups in total. The van der Waals surface area contributed by atoms with Gasteiger partial charge in [-0.25, -0.2) is 0 Å². The molecule has 146 valence electrons. The summed E-state index contributed by atoms with van der Waals surface area (Å²) in [5.41, 5.74) is -0.131. The van der Waals surface area contributed by atoms with E-state index in [1.54, 1.807) is 25.1 Å². The van der Waals surface area contributed by atoms with E-state index in [0.717, 1.165) is 12.1 Å². The first-order valence-electron chi connectivity index (χ1n) is 8.29. The molecule has 0 bridgehead atoms. The van der Waals surface area contributed by atoms with Crippen LogP contribution in [0.15, 0.2) is 42.5 Å². The van der Waals surface area contributed by atoms with Crippen LogP contribution < -0.4 is 5.32 Å². The molecular formula is C19H13F3N6S. The Labute approximate surface area is 169 Å². The van der Waals surface area contributed by atoms with Crippen molar-refractivity contribution in [3.05, 3.63) is 59.2 Å². The van der Waals surface area contributed by atoms with E-state index in [1.165, 1.54) is 16.9 Å². The highest BCUT2D eigenvalue weighted by atomic mass is 32.1. The molecule has 0 radical (unpaired) electrons. The molecule has 29 heavy (non-hydrogen) atoms. The Bertz CT molecular complexity index is 1150. The third kappa shape index (κ3) is 4.50. The highest BCUT2D eigenvalue weighted by molar-refractivity contribution is 7.80. The summed E-state index contributed by atoms with van der Waals surface area (Å²) in [6.45, 7) is 1.61. The third-order valence-corrected chi connectivity index (χ3v) is 4.46. The number of fused-ring (bicyclic) bond motifs is 1. The van der Waals surface area contributed by atoms with Gasteiger partial charge < -0.3 is 5.32 Å². The molecule has 1 unspecified atom stereocenters. The maximum Gasteiger partial charge on any atom is 0.416 e. The minimum absolute atomic E-state index is 0.0286. The van der Waals surface area contributed by atoms with Gasteiger partial charge in [0.05, 0.1) is 29.8 Å². The first kappa shape index (κ1) is 20.2. The molecule has 0 amide bonds. The molecule has 0 fully saturated rings. The Morgan fingerprint density at radius 2 is 1.76 bits per heavy atom. The fraction of sp³-hybridized carbons (Fsp3) is 0.211. The Morgan fingerprint density at radius 3 is 2.34 bits per heavy atom. The summed E-state index contributed by atoms with van der Waals surface area (Å²) in [6.07, 6.45) is -4.44. The number of nitrogens with zero attached hydrogens (tertiary/aromatic N) is 5. The number of alkyl halides is 3. The van der Waals surface area contributed by atoms with Crippen LogP contribution in [0.5, 0.6) is 0 Å². The van der Waals surface area contributed by atoms with Gasteiger partial charge in [0.1, 0.15) is 21.6 Å². The van der Waals surface area contributed by atoms with Crippen LogP contribution in [0.1, 0.15) is 23.6 Å². The average molecular weight is 414 g/mol. The zero-order valence-electron chi connectivity index (χ0n) is 15.0. The van der Waals surface area contributed by atoms with Crippen LogP contribution in [0.4, 0.5) is 13.2 Å². The van der Waals surface area contributed by atoms with E-state index in [2.05, 4.69) is 21.6 Å². The lowest BCUT2D eigenvalue weighted by atomic mass is 10.0. The first-order valence-corrected chi connectivity index (χ1v) is 8.70. The maximum absolute atomic E-state index is 12.7. The predicted molar refractivity (Wildman–Crippen MR) is 103 cm³/mol. The summed E-state index contributed by atoms with van der Waals surface area (Å²) in [5, 5.41) is 30.0. The summed E-state index contributed by atoms with van der Waals surface area (Å²) < 4.78 is 38.1. The van der Waals surface area contributed by atoms with E-state index in [4.69, 9.17) is 17.5 Å². The van der Waals surface area contributed by atoms with Gasteiger partial charge in [-0.1, -0.05) is 24.4 Å². The van der Waals surface area contributed by atoms with Gasteiger partial charge in [0.2, 0.25) is 0 Å². The number of thiocarbonyl (C=S) groups is 1. The third-order valence-electron chi connectivity index (χ3n) is 4.12. The monoisotopic (exact) mass is 414 g/mol. The Kier molecular flexibility index (Phi) is 5.23. The molecule has 0 aliphatic carbocycles. The van der Waals surface area contributed by atoms with Gasteiger partial charge in [-0.05, 0) is 37.3 Å². The van der Waals surface area contributed by atoms with Gasteiger partial charge in [-0.3, -0.25) is 0 Å². The second-order valence-corrected chi connectivity index (χ2v) is 6.93. The topological polar surface area (TPSA) is 90.3 Å². The van der Waals surface area contributed by atoms with Crippen LogP contribution in [0.25, 0.3) is 11.0 Å². The van der Waals surface area contributed by atoms with Crippen molar-refractivity contribution < 1.29 is 13.2 Å². The van der Waals surface area contributed by atoms with E-state index in [1.807, 2.05) is 6.07 Å². The van der Waals surface area contributed by atoms with Crippen LogP contribution >= 0.6 is 12.2 Å². The predicted octanol–water partition coefficient (Wildman–Crippen LogP) is 3.57. The minimum atomic E-state index is -4.44. The molecule has 10 heteroatoms. The highest BCUT2D eigenvalue weighted by Crippen LogP contribution is 2.29. The van der Waals surface area contributed by atoms with Crippen molar-refractivity contribution in [3.8, 4) is 12.1 Å². The summed E-state index contributed by atoms with van der Waals surface area (Å²) in [6, 6.07) is 13.3. The Balaban J connectivity index is 1.78. The standard InChI is InChI=1S/C19H13F3N6S/c1-18(10-24,11-28-26-15-7-2-12(9-23)8-16(15)27-28)25-17(29)13-3-5-14(6-4-13)19(20,21)22/h2-8H,11H2,1H3,(H,25,29). The molecule has 3 rings (SSSR count). The number of halogens is 3. The van der Waals surface area contributed by atoms with Crippen molar-refractivity contribution in [3.63, 3.8) is 0 Å². The van der Waals surface area contributed by atoms with E-state index in [9.17, 15) is 18.4 Å². The average Bonchev–Trinajstić information content (AvgIpc) is 3.08. The lowest BCUT2D eigenvalue weighted by Gasteiger charge is -2.24. The number of aromatic nitrogens is 3. The quantitative estimate of drug-likeness (QED) is 0.657. The van der Waals surface area contributed by atoms with Crippen LogP contribution in [-0.2, 0) is 12.7 Å². The van der Waals surface area contributed by atoms with Gasteiger partial charge in [-0.2, -0.15) is 38.7 Å². The second-order valence-electron chi connectivity index (χ2n) is 6.52. The summed E-state index contributed by atoms with van der Waals surface area (Å²) in [4.78, 5) is 1.45. The molecule has 3 aromatic rings. The van der Waals surface area contributed by atoms with Crippen molar-refractivity contribution in [1.29, 1.82) is 10.5 Å². The smallest absolute Gasteiger partial charge is 0.357 e. The van der Waals surface area contributed by atoms with Crippen LogP contribution in [0, 0.1) is 22.7 Å². The fourth-order valence-corrected chi connectivity index (χ4v) is 2.98. The van der Waals surface area contributed by atoms with Crippen LogP contribution in [0.3, 0.4) is 0 Å². The molecule has 1 aromatic heterocycles. The fourth-order valence-electron chi connectivity index (χ4n) is 2.62. The van der Waals surface area contributed by atoms with Crippen LogP contribution in [0.2, 0.25) is 0 Å². The summed E-state index contributed by atoms with van der Waals surface area (Å²) in [7, 11) is 0. The largest absolute Gasteiger partial charge is 0.416 e. The molecule has 0 saturated carbocycles. The maximum atomic E-state index is 12.7. The Morgan fingerprint density at radius 1 is 1.10 bits per heavy atom. The highest BCUT2D eigenvalue weighted by Gasteiger charge is 2.31. The second kappa shape index (κ2) is 7.49. The number of nitrogens with one attached hydrogen (secondary N) is 1. The summed E-state index contributed by atoms with van der Waals surface area (Å²) >= 11 is 5.26. The zero-order chi connectivity index (χ0) is 21.2. The number of hydrogen-bond donors (Lipinski definition) is 1. The molecule has 0 spiro atoms. The molecular weight excluding hydrogens is 401 g/mol. The Hall–Kier alpha value is -3.50. The normalized spacial score (nSPS) is 13.3. The molecule has 1 heterocycles. The van der Waals surface area contributed by atoms with Crippen molar-refractivity contribution >= 4 is 28.2 Å². The lowest BCUT2D eigenvalue weighted by molar-refractivity contribution is -0.137. The minimum Gasteiger partial charge on any atom is -0.357 e. The van der Waals surface area contributed by atoms with E-state index < -0.39 is 17.3 Å². The van der Waals surface area contributed by atoms with Gasteiger partial charge in [0.25, 0.3) is 0 Å². The van der Waals surface area contributed by atoms with E-state index in [-0.39, 0.29) is 11.5 Å². The van der Waals surface area contributed by atoms with Gasteiger partial charge in [-0.15, -0.1) is 0 Å². The molecule has 2 aromatic carbocycles. The summed E-state index contributed by atoms with van der Waals surface area (Å²) in [5.74, 6) is 0. The van der Waals surface area contributed by atoms with E-state index >= 15 is 0 Å². The van der Waals surface area contributed by atoms with Gasteiger partial charge in [0, 0.05) is 5.56 Å². The number of benzene rings is 2. The molecule has 0 saturated heterocycles. The SMILES string of the molecule is CC(C#N)(Cn1nc2ccc(C#N)cc2n1)NC(=S)c1ccc(C(F)(F)F)cc1. The van der Waals surface area contributed by atoms with Gasteiger partial charge >= 0.3 is 6.18 Å². The van der Waals surface area contributed by atoms with Crippen LogP contribution in [-0.4, -0.2) is 25.5 Å². The van der Waals surface area contributed by atoms with Crippen molar-refractivity contribution in [1.82, 2.24) is 20.3 Å². The number of hydrogen-bond acceptors (Lipinski definition) is 5. The molecule has 0 aliphatic heterocycles. The number of nitriles is 2. The first-order chi connectivity index (χ1) is 13.6. The lowest BCUT2D eigenvalue weighted by Crippen LogP contribution is -2.48. The molecule has 0 aliphatic rings. The van der Waals surface area contributed by atoms with E-state index in [0.29, 0.717) is 22.2 Å². The molecule has 1 atom stereocenters.